The molecule has 4 nitrogen and oxygen atoms in total. The van der Waals surface area contributed by atoms with Gasteiger partial charge in [0.2, 0.25) is 5.91 Å². The maximum absolute atomic E-state index is 11.5. The molecule has 0 saturated carbocycles. The van der Waals surface area contributed by atoms with E-state index in [9.17, 15) is 4.79 Å². The molecule has 0 spiro atoms. The third-order valence-corrected chi connectivity index (χ3v) is 2.65. The Labute approximate surface area is 96.6 Å². The number of likely N-dealkylation sites (N-methyl/N-ethyl adjacent to an activating group) is 1. The van der Waals surface area contributed by atoms with Crippen molar-refractivity contribution in [3.05, 3.63) is 23.7 Å². The van der Waals surface area contributed by atoms with E-state index < -0.39 is 0 Å². The molecule has 1 rings (SSSR count). The molecule has 1 amide bonds. The Morgan fingerprint density at radius 2 is 2.25 bits per heavy atom. The smallest absolute Gasteiger partial charge is 0.236 e. The Morgan fingerprint density at radius 3 is 2.75 bits per heavy atom. The normalized spacial score (nSPS) is 12.5. The summed E-state index contributed by atoms with van der Waals surface area (Å²) in [5.41, 5.74) is 0. The number of hydrogen-bond acceptors (Lipinski definition) is 3. The van der Waals surface area contributed by atoms with E-state index in [2.05, 4.69) is 5.32 Å². The molecular weight excluding hydrogens is 204 g/mol. The average molecular weight is 224 g/mol. The molecule has 0 fully saturated rings. The molecule has 0 aromatic carbocycles. The molecule has 1 unspecified atom stereocenters. The lowest BCUT2D eigenvalue weighted by atomic mass is 10.2. The third-order valence-electron chi connectivity index (χ3n) is 2.65. The van der Waals surface area contributed by atoms with Crippen molar-refractivity contribution in [2.24, 2.45) is 0 Å². The van der Waals surface area contributed by atoms with Crippen LogP contribution >= 0.6 is 0 Å². The number of aryl methyl sites for hydroxylation is 1. The molecule has 1 aromatic heterocycles. The zero-order valence-corrected chi connectivity index (χ0v) is 10.4. The SMILES string of the molecule is CCN(C)C(=O)CNC(C)c1ccc(C)o1. The first-order chi connectivity index (χ1) is 7.54. The van der Waals surface area contributed by atoms with E-state index in [1.165, 1.54) is 0 Å². The molecule has 0 bridgehead atoms. The van der Waals surface area contributed by atoms with Crippen LogP contribution in [0.15, 0.2) is 16.5 Å². The largest absolute Gasteiger partial charge is 0.465 e. The molecule has 90 valence electrons. The van der Waals surface area contributed by atoms with Gasteiger partial charge in [0.1, 0.15) is 11.5 Å². The van der Waals surface area contributed by atoms with Crippen molar-refractivity contribution in [2.75, 3.05) is 20.1 Å². The second-order valence-electron chi connectivity index (χ2n) is 3.96. The summed E-state index contributed by atoms with van der Waals surface area (Å²) in [4.78, 5) is 13.2. The summed E-state index contributed by atoms with van der Waals surface area (Å²) >= 11 is 0. The minimum Gasteiger partial charge on any atom is -0.465 e. The van der Waals surface area contributed by atoms with Gasteiger partial charge in [-0.05, 0) is 32.9 Å². The summed E-state index contributed by atoms with van der Waals surface area (Å²) in [7, 11) is 1.80. The number of furan rings is 1. The maximum atomic E-state index is 11.5. The van der Waals surface area contributed by atoms with Gasteiger partial charge in [-0.15, -0.1) is 0 Å². The second kappa shape index (κ2) is 5.70. The van der Waals surface area contributed by atoms with Crippen molar-refractivity contribution in [2.45, 2.75) is 26.8 Å². The quantitative estimate of drug-likeness (QED) is 0.828. The number of rotatable bonds is 5. The van der Waals surface area contributed by atoms with Crippen LogP contribution in [0.3, 0.4) is 0 Å². The number of nitrogens with zero attached hydrogens (tertiary/aromatic N) is 1. The molecular formula is C12H20N2O2. The van der Waals surface area contributed by atoms with Crippen LogP contribution in [0, 0.1) is 6.92 Å². The zero-order chi connectivity index (χ0) is 12.1. The zero-order valence-electron chi connectivity index (χ0n) is 10.4. The molecule has 4 heteroatoms. The number of amides is 1. The van der Waals surface area contributed by atoms with Gasteiger partial charge in [-0.25, -0.2) is 0 Å². The molecule has 1 aromatic rings. The van der Waals surface area contributed by atoms with E-state index >= 15 is 0 Å². The Bertz CT molecular complexity index is 347. The van der Waals surface area contributed by atoms with Gasteiger partial charge < -0.3 is 9.32 Å². The lowest BCUT2D eigenvalue weighted by molar-refractivity contribution is -0.128. The van der Waals surface area contributed by atoms with E-state index in [4.69, 9.17) is 4.42 Å². The summed E-state index contributed by atoms with van der Waals surface area (Å²) in [6.45, 7) is 6.92. The predicted molar refractivity (Wildman–Crippen MR) is 63.2 cm³/mol. The van der Waals surface area contributed by atoms with Crippen LogP contribution in [-0.4, -0.2) is 30.9 Å². The second-order valence-corrected chi connectivity index (χ2v) is 3.96. The number of carbonyl (C=O) groups excluding carboxylic acids is 1. The van der Waals surface area contributed by atoms with Crippen molar-refractivity contribution < 1.29 is 9.21 Å². The Kier molecular flexibility index (Phi) is 4.55. The van der Waals surface area contributed by atoms with Crippen LogP contribution in [0.1, 0.15) is 31.4 Å². The molecule has 0 radical (unpaired) electrons. The van der Waals surface area contributed by atoms with Crippen molar-refractivity contribution in [3.63, 3.8) is 0 Å². The fraction of sp³-hybridized carbons (Fsp3) is 0.583. The molecule has 1 heterocycles. The maximum Gasteiger partial charge on any atom is 0.236 e. The topological polar surface area (TPSA) is 45.5 Å². The van der Waals surface area contributed by atoms with E-state index in [1.54, 1.807) is 11.9 Å². The van der Waals surface area contributed by atoms with Crippen LogP contribution in [-0.2, 0) is 4.79 Å². The summed E-state index contributed by atoms with van der Waals surface area (Å²) < 4.78 is 5.48. The molecule has 1 atom stereocenters. The van der Waals surface area contributed by atoms with Gasteiger partial charge in [-0.2, -0.15) is 0 Å². The van der Waals surface area contributed by atoms with E-state index in [1.807, 2.05) is 32.9 Å². The summed E-state index contributed by atoms with van der Waals surface area (Å²) in [5, 5.41) is 3.14. The fourth-order valence-corrected chi connectivity index (χ4v) is 1.34. The van der Waals surface area contributed by atoms with Gasteiger partial charge in [0, 0.05) is 13.6 Å². The Morgan fingerprint density at radius 1 is 1.56 bits per heavy atom. The molecule has 0 saturated heterocycles. The van der Waals surface area contributed by atoms with Crippen LogP contribution < -0.4 is 5.32 Å². The van der Waals surface area contributed by atoms with Gasteiger partial charge in [-0.3, -0.25) is 10.1 Å². The first-order valence-corrected chi connectivity index (χ1v) is 5.58. The highest BCUT2D eigenvalue weighted by atomic mass is 16.3. The van der Waals surface area contributed by atoms with Gasteiger partial charge in [-0.1, -0.05) is 0 Å². The van der Waals surface area contributed by atoms with Crippen LogP contribution in [0.5, 0.6) is 0 Å². The first kappa shape index (κ1) is 12.8. The summed E-state index contributed by atoms with van der Waals surface area (Å²) in [5.74, 6) is 1.85. The monoisotopic (exact) mass is 224 g/mol. The number of hydrogen-bond donors (Lipinski definition) is 1. The third kappa shape index (κ3) is 3.38. The highest BCUT2D eigenvalue weighted by Gasteiger charge is 2.12. The van der Waals surface area contributed by atoms with Crippen LogP contribution in [0.2, 0.25) is 0 Å². The average Bonchev–Trinajstić information content (AvgIpc) is 2.71. The van der Waals surface area contributed by atoms with Gasteiger partial charge >= 0.3 is 0 Å². The highest BCUT2D eigenvalue weighted by Crippen LogP contribution is 2.14. The van der Waals surface area contributed by atoms with Gasteiger partial charge in [0.25, 0.3) is 0 Å². The summed E-state index contributed by atoms with van der Waals surface area (Å²) in [6, 6.07) is 3.91. The minimum atomic E-state index is 0.0582. The lowest BCUT2D eigenvalue weighted by Crippen LogP contribution is -2.36. The van der Waals surface area contributed by atoms with Crippen LogP contribution in [0.25, 0.3) is 0 Å². The molecule has 0 aliphatic rings. The predicted octanol–water partition coefficient (Wildman–Crippen LogP) is 1.72. The van der Waals surface area contributed by atoms with E-state index in [0.29, 0.717) is 6.54 Å². The van der Waals surface area contributed by atoms with E-state index in [0.717, 1.165) is 18.1 Å². The highest BCUT2D eigenvalue weighted by molar-refractivity contribution is 5.77. The van der Waals surface area contributed by atoms with Gasteiger partial charge in [0.05, 0.1) is 12.6 Å². The first-order valence-electron chi connectivity index (χ1n) is 5.58. The Balaban J connectivity index is 2.41. The van der Waals surface area contributed by atoms with Crippen molar-refractivity contribution in [3.8, 4) is 0 Å². The fourth-order valence-electron chi connectivity index (χ4n) is 1.34. The van der Waals surface area contributed by atoms with Gasteiger partial charge in [0.15, 0.2) is 0 Å². The van der Waals surface area contributed by atoms with Crippen molar-refractivity contribution >= 4 is 5.91 Å². The Hall–Kier alpha value is -1.29. The van der Waals surface area contributed by atoms with Crippen LogP contribution in [0.4, 0.5) is 0 Å². The molecule has 16 heavy (non-hydrogen) atoms. The number of nitrogens with one attached hydrogen (secondary N) is 1. The molecule has 1 N–H and O–H groups in total. The molecule has 0 aliphatic heterocycles. The minimum absolute atomic E-state index is 0.0582. The van der Waals surface area contributed by atoms with Crippen molar-refractivity contribution in [1.29, 1.82) is 0 Å². The number of carbonyl (C=O) groups is 1. The standard InChI is InChI=1S/C12H20N2O2/c1-5-14(4)12(15)8-13-10(3)11-7-6-9(2)16-11/h6-7,10,13H,5,8H2,1-4H3. The molecule has 0 aliphatic carbocycles. The summed E-state index contributed by atoms with van der Waals surface area (Å²) in [6.07, 6.45) is 0. The van der Waals surface area contributed by atoms with E-state index in [-0.39, 0.29) is 11.9 Å². The van der Waals surface area contributed by atoms with Crippen molar-refractivity contribution in [1.82, 2.24) is 10.2 Å². The lowest BCUT2D eigenvalue weighted by Gasteiger charge is -2.16.